The second-order valence-electron chi connectivity index (χ2n) is 27.0. The average molecular weight is 1340 g/mol. The second kappa shape index (κ2) is 27.4. The van der Waals surface area contributed by atoms with Crippen LogP contribution in [0.2, 0.25) is 0 Å². The van der Waals surface area contributed by atoms with E-state index in [9.17, 15) is 53.2 Å². The Morgan fingerprint density at radius 2 is 1.37 bits per heavy atom. The summed E-state index contributed by atoms with van der Waals surface area (Å²) >= 11 is 0. The van der Waals surface area contributed by atoms with Crippen molar-refractivity contribution in [3.8, 4) is 5.75 Å². The molecule has 0 aliphatic carbocycles. The van der Waals surface area contributed by atoms with Gasteiger partial charge in [-0.2, -0.15) is 17.1 Å². The number of aromatic nitrogens is 2. The van der Waals surface area contributed by atoms with E-state index in [1.807, 2.05) is 61.5 Å². The zero-order chi connectivity index (χ0) is 66.5. The normalized spacial score (nSPS) is 36.3. The number of phosphoric ester groups is 1. The fourth-order valence-corrected chi connectivity index (χ4v) is 17.1. The van der Waals surface area contributed by atoms with Crippen molar-refractivity contribution in [3.63, 3.8) is 0 Å². The molecule has 91 heavy (non-hydrogen) atoms. The van der Waals surface area contributed by atoms with Gasteiger partial charge >= 0.3 is 7.82 Å². The van der Waals surface area contributed by atoms with E-state index >= 15 is 0 Å². The van der Waals surface area contributed by atoms with Gasteiger partial charge in [-0.1, -0.05) is 53.6 Å². The Balaban J connectivity index is 0.0000118. The molecule has 0 saturated carbocycles. The number of methoxy groups -OCH3 is 1. The third-order valence-corrected chi connectivity index (χ3v) is 21.9. The number of nitrogens with one attached hydrogen (secondary N) is 1. The van der Waals surface area contributed by atoms with Gasteiger partial charge < -0.3 is 90.1 Å². The van der Waals surface area contributed by atoms with Crippen LogP contribution in [0.5, 0.6) is 5.75 Å². The van der Waals surface area contributed by atoms with Gasteiger partial charge in [0, 0.05) is 74.3 Å². The molecule has 16 N–H and O–H groups in total. The van der Waals surface area contributed by atoms with Gasteiger partial charge in [-0.15, -0.1) is 34.8 Å². The first-order valence-electron chi connectivity index (χ1n) is 30.6. The Hall–Kier alpha value is -6.14. The van der Waals surface area contributed by atoms with Crippen LogP contribution in [0.4, 0.5) is 0 Å². The van der Waals surface area contributed by atoms with E-state index in [-0.39, 0.29) is 94.0 Å². The third-order valence-electron chi connectivity index (χ3n) is 20.8. The van der Waals surface area contributed by atoms with E-state index in [1.54, 1.807) is 18.2 Å². The molecule has 8 bridgehead atoms. The number of benzene rings is 1. The molecule has 1 aromatic carbocycles. The van der Waals surface area contributed by atoms with Crippen LogP contribution in [-0.2, 0) is 68.7 Å². The van der Waals surface area contributed by atoms with Crippen LogP contribution in [0.3, 0.4) is 0 Å². The number of hydrogen-bond donors (Lipinski definition) is 10. The fourth-order valence-electron chi connectivity index (χ4n) is 16.0. The summed E-state index contributed by atoms with van der Waals surface area (Å²) in [6, 6.07) is 1.70. The third kappa shape index (κ3) is 14.1. The SMILES string of the molecule is COc1ccc2c(c1)ncn2[C@H]1O[C@H](CO)[C@@H](OP(=O)(O)O[C@H](C)CNC(=O)CC[C@@]2(C)/C3=C(\C)C4[N-]/C(=C\C5[N-]/C(=C(/C)C6[N-][C@@](C)([C@H]([N-]3)[C@@H]2CC(N)=O)[C@@](C)(CC(N)=O)[C@@H]6CCC(N)=O)[C@@](C)(CC(N)=O)[C@@H]5CCC(N)=O)C(C)(C)[C@@H]4CCC(N)=O)[C@H]1O.[Co]. The number of fused-ring (bicyclic) bond motifs is 10. The predicted octanol–water partition coefficient (Wildman–Crippen LogP) is 4.24. The van der Waals surface area contributed by atoms with Crippen molar-refractivity contribution in [2.45, 2.75) is 193 Å². The van der Waals surface area contributed by atoms with Crippen LogP contribution in [0.15, 0.2) is 58.8 Å². The molecule has 1 aromatic heterocycles. The molecule has 18 atom stereocenters. The quantitative estimate of drug-likeness (QED) is 0.0559. The first-order valence-corrected chi connectivity index (χ1v) is 32.1. The zero-order valence-electron chi connectivity index (χ0n) is 53.3. The average Bonchev–Trinajstić information content (AvgIpc) is 1.53. The molecule has 6 aliphatic heterocycles. The molecule has 6 aliphatic rings. The maximum Gasteiger partial charge on any atom is 0.472 e. The number of allylic oxidation sites excluding steroid dienone is 3. The molecule has 2 aromatic rings. The first-order chi connectivity index (χ1) is 42.0. The predicted molar refractivity (Wildman–Crippen MR) is 330 cm³/mol. The number of nitrogens with two attached hydrogens (primary N) is 6. The summed E-state index contributed by atoms with van der Waals surface area (Å²) < 4.78 is 37.4. The van der Waals surface area contributed by atoms with Crippen molar-refractivity contribution in [2.75, 3.05) is 20.3 Å². The number of carbonyl (C=O) groups is 7. The summed E-state index contributed by atoms with van der Waals surface area (Å²) in [6.45, 7) is 15.5. The maximum absolute atomic E-state index is 14.4. The van der Waals surface area contributed by atoms with Gasteiger partial charge in [-0.25, -0.2) is 9.55 Å². The molecular weight excluding hydrogens is 1240 g/mol. The van der Waals surface area contributed by atoms with E-state index in [0.717, 1.165) is 0 Å². The smallest absolute Gasteiger partial charge is 0.472 e. The number of aliphatic hydroxyl groups is 2. The number of ether oxygens (including phenoxy) is 2. The van der Waals surface area contributed by atoms with Crippen LogP contribution in [0, 0.1) is 45.3 Å². The molecule has 1 radical (unpaired) electrons. The summed E-state index contributed by atoms with van der Waals surface area (Å²) in [5, 5.41) is 46.8. The minimum absolute atomic E-state index is 0. The van der Waals surface area contributed by atoms with Crippen LogP contribution in [0.1, 0.15) is 139 Å². The Bertz CT molecular complexity index is 3310. The van der Waals surface area contributed by atoms with Crippen molar-refractivity contribution >= 4 is 60.2 Å². The molecule has 507 valence electrons. The van der Waals surface area contributed by atoms with Gasteiger partial charge in [0.2, 0.25) is 41.4 Å². The van der Waals surface area contributed by atoms with Gasteiger partial charge in [0.05, 0.1) is 37.2 Å². The largest absolute Gasteiger partial charge is 0.685 e. The molecule has 30 heteroatoms. The molecule has 8 rings (SSSR count). The van der Waals surface area contributed by atoms with E-state index < -0.39 is 161 Å². The molecule has 5 fully saturated rings. The van der Waals surface area contributed by atoms with Crippen LogP contribution in [0.25, 0.3) is 32.3 Å². The number of carbonyl (C=O) groups excluding carboxylic acids is 7. The number of nitrogens with zero attached hydrogens (tertiary/aromatic N) is 6. The molecule has 0 spiro atoms. The van der Waals surface area contributed by atoms with Crippen LogP contribution < -0.4 is 44.5 Å². The van der Waals surface area contributed by atoms with Gasteiger partial charge in [0.25, 0.3) is 0 Å². The summed E-state index contributed by atoms with van der Waals surface area (Å²) in [5.41, 5.74) is 34.0. The van der Waals surface area contributed by atoms with Gasteiger partial charge in [0.1, 0.15) is 24.1 Å². The zero-order valence-corrected chi connectivity index (χ0v) is 55.2. The number of hydrogen-bond acceptors (Lipinski definition) is 15. The van der Waals surface area contributed by atoms with Gasteiger partial charge in [-0.3, -0.25) is 42.6 Å². The Kier molecular flexibility index (Phi) is 21.8. The number of imidazole rings is 1. The van der Waals surface area contributed by atoms with E-state index in [0.29, 0.717) is 45.0 Å². The van der Waals surface area contributed by atoms with Crippen LogP contribution in [-0.4, -0.2) is 140 Å². The fraction of sp³-hybridized carbons (Fsp3) is 0.672. The molecule has 5 saturated heterocycles. The standard InChI is InChI=1S/C61H90N13O15P.Co/c1-29(88-90(84,85)89-52-40(27-75)87-56(51(52)83)74-28-69-38-21-32(86-10)11-15-39(38)74)26-68-48(82)19-20-58(6)36(22-45(65)79)55-61(9)60(8,25-47(67)81)35(14-18-44(64)78)50(73-61)31(3)54-59(7,24-46(66)80)33(12-16-42(62)76)37(70-54)23-41-57(4,5)34(13-17-43(63)77)49(71-41)30(2)53(58)72-55;/h11,15,21,23,28-29,33-37,40,49-52,55-56,75,83H,12-14,16-20,22,24-27H2,1-10H3,(H2,62,76)(H2,63,77)(H2,64,78)(H2,65,79)(H2,66,80)(H2,67,81)(H,68,82)(H,84,85);/q-4;/b41-23-,53-30-,54-31-;/t29-,33-,34-,35-,36+,37?,40-,49?,50?,51-,52-,55-,56+,58-,59+,60+,61+;/m1./s1. The van der Waals surface area contributed by atoms with Crippen molar-refractivity contribution < 1.29 is 88.5 Å². The van der Waals surface area contributed by atoms with Crippen LogP contribution >= 0.6 is 7.82 Å². The molecule has 4 unspecified atom stereocenters. The summed E-state index contributed by atoms with van der Waals surface area (Å²) in [7, 11) is -3.58. The first kappa shape index (κ1) is 72.3. The van der Waals surface area contributed by atoms with Crippen molar-refractivity contribution in [1.82, 2.24) is 14.9 Å². The molecule has 7 amide bonds. The molecule has 7 heterocycles. The van der Waals surface area contributed by atoms with Gasteiger partial charge in [0.15, 0.2) is 6.23 Å². The molecule has 28 nitrogen and oxygen atoms in total. The van der Waals surface area contributed by atoms with Crippen molar-refractivity contribution in [1.29, 1.82) is 0 Å². The van der Waals surface area contributed by atoms with E-state index in [1.165, 1.54) is 24.9 Å². The number of rotatable bonds is 27. The second-order valence-corrected chi connectivity index (χ2v) is 28.3. The molecular formula is C61H90CoN13O15P-4. The summed E-state index contributed by atoms with van der Waals surface area (Å²) in [5.74, 6) is -6.37. The van der Waals surface area contributed by atoms with Gasteiger partial charge in [-0.05, 0) is 104 Å². The topological polar surface area (TPSA) is 477 Å². The number of primary amides is 6. The Morgan fingerprint density at radius 3 is 1.96 bits per heavy atom. The number of phosphoric acid groups is 1. The minimum Gasteiger partial charge on any atom is -0.685 e. The summed E-state index contributed by atoms with van der Waals surface area (Å²) in [4.78, 5) is 109. The summed E-state index contributed by atoms with van der Waals surface area (Å²) in [6.07, 6.45) is -4.17. The Labute approximate surface area is 540 Å². The minimum atomic E-state index is -5.08. The maximum atomic E-state index is 14.4. The number of aliphatic hydroxyl groups excluding tert-OH is 2. The Morgan fingerprint density at radius 1 is 0.780 bits per heavy atom. The number of amides is 7. The van der Waals surface area contributed by atoms with Crippen molar-refractivity contribution in [2.24, 2.45) is 79.7 Å². The van der Waals surface area contributed by atoms with E-state index in [2.05, 4.69) is 10.3 Å². The van der Waals surface area contributed by atoms with Crippen molar-refractivity contribution in [3.05, 3.63) is 80.1 Å². The van der Waals surface area contributed by atoms with E-state index in [4.69, 9.17) is 74.2 Å². The monoisotopic (exact) mass is 1330 g/mol.